The fraction of sp³-hybridized carbons (Fsp3) is 0.182. The molecule has 94 valence electrons. The van der Waals surface area contributed by atoms with E-state index in [1.807, 2.05) is 0 Å². The lowest BCUT2D eigenvalue weighted by Crippen LogP contribution is -2.26. The third-order valence-electron chi connectivity index (χ3n) is 2.45. The Balaban J connectivity index is 2.24. The van der Waals surface area contributed by atoms with Crippen molar-refractivity contribution in [3.05, 3.63) is 28.7 Å². The zero-order valence-corrected chi connectivity index (χ0v) is 9.39. The molecule has 0 radical (unpaired) electrons. The summed E-state index contributed by atoms with van der Waals surface area (Å²) < 4.78 is 4.80. The highest BCUT2D eigenvalue weighted by atomic mass is 16.4. The van der Waals surface area contributed by atoms with Crippen LogP contribution >= 0.6 is 0 Å². The van der Waals surface area contributed by atoms with Crippen molar-refractivity contribution in [2.45, 2.75) is 6.92 Å². The largest absolute Gasteiger partial charge is 0.481 e. The van der Waals surface area contributed by atoms with Crippen LogP contribution in [0, 0.1) is 5.92 Å². The number of carboxylic acids is 1. The van der Waals surface area contributed by atoms with Gasteiger partial charge in [-0.15, -0.1) is 0 Å². The van der Waals surface area contributed by atoms with Crippen LogP contribution in [-0.2, 0) is 9.59 Å². The second kappa shape index (κ2) is 4.36. The van der Waals surface area contributed by atoms with E-state index in [2.05, 4.69) is 10.3 Å². The van der Waals surface area contributed by atoms with Gasteiger partial charge in [0.25, 0.3) is 0 Å². The molecular formula is C11H10N2O5. The minimum atomic E-state index is -1.20. The molecule has 7 heteroatoms. The topological polar surface area (TPSA) is 112 Å². The van der Waals surface area contributed by atoms with E-state index >= 15 is 0 Å². The minimum Gasteiger partial charge on any atom is -0.481 e. The fourth-order valence-corrected chi connectivity index (χ4v) is 1.39. The number of carboxylic acid groups (broad SMARTS) is 1. The molecular weight excluding hydrogens is 240 g/mol. The first kappa shape index (κ1) is 11.9. The van der Waals surface area contributed by atoms with Crippen LogP contribution in [0.5, 0.6) is 0 Å². The van der Waals surface area contributed by atoms with E-state index in [0.717, 1.165) is 0 Å². The molecule has 2 rings (SSSR count). The van der Waals surface area contributed by atoms with E-state index < -0.39 is 23.6 Å². The Morgan fingerprint density at radius 1 is 1.44 bits per heavy atom. The number of carbonyl (C=O) groups excluding carboxylic acids is 1. The van der Waals surface area contributed by atoms with Gasteiger partial charge in [-0.3, -0.25) is 14.6 Å². The molecule has 1 atom stereocenters. The number of amides is 1. The van der Waals surface area contributed by atoms with E-state index in [9.17, 15) is 14.4 Å². The Labute approximate surface area is 100 Å². The van der Waals surface area contributed by atoms with Gasteiger partial charge in [0.2, 0.25) is 5.91 Å². The summed E-state index contributed by atoms with van der Waals surface area (Å²) in [6.45, 7) is 1.29. The predicted octanol–water partition coefficient (Wildman–Crippen LogP) is 0.780. The van der Waals surface area contributed by atoms with E-state index in [1.54, 1.807) is 0 Å². The maximum absolute atomic E-state index is 11.5. The summed E-state index contributed by atoms with van der Waals surface area (Å²) in [5, 5.41) is 11.1. The van der Waals surface area contributed by atoms with Crippen LogP contribution in [0.1, 0.15) is 6.92 Å². The lowest BCUT2D eigenvalue weighted by molar-refractivity contribution is -0.144. The molecule has 0 aliphatic heterocycles. The zero-order chi connectivity index (χ0) is 13.3. The van der Waals surface area contributed by atoms with Crippen LogP contribution in [0.4, 0.5) is 5.69 Å². The fourth-order valence-electron chi connectivity index (χ4n) is 1.39. The predicted molar refractivity (Wildman–Crippen MR) is 62.3 cm³/mol. The number of hydrogen-bond acceptors (Lipinski definition) is 4. The summed E-state index contributed by atoms with van der Waals surface area (Å²) >= 11 is 0. The van der Waals surface area contributed by atoms with Gasteiger partial charge in [0.05, 0.1) is 5.52 Å². The Kier molecular flexibility index (Phi) is 2.88. The normalized spacial score (nSPS) is 12.3. The van der Waals surface area contributed by atoms with Crippen molar-refractivity contribution in [2.24, 2.45) is 5.92 Å². The van der Waals surface area contributed by atoms with Gasteiger partial charge in [-0.25, -0.2) is 4.79 Å². The monoisotopic (exact) mass is 250 g/mol. The number of benzene rings is 1. The highest BCUT2D eigenvalue weighted by Crippen LogP contribution is 2.16. The number of aliphatic carboxylic acids is 1. The van der Waals surface area contributed by atoms with E-state index in [0.29, 0.717) is 16.8 Å². The molecule has 0 spiro atoms. The first-order chi connectivity index (χ1) is 8.47. The van der Waals surface area contributed by atoms with Gasteiger partial charge in [0, 0.05) is 5.69 Å². The number of rotatable bonds is 3. The summed E-state index contributed by atoms with van der Waals surface area (Å²) in [5.74, 6) is -3.57. The van der Waals surface area contributed by atoms with Crippen molar-refractivity contribution in [2.75, 3.05) is 5.32 Å². The van der Waals surface area contributed by atoms with Crippen molar-refractivity contribution >= 4 is 28.7 Å². The number of aromatic nitrogens is 1. The van der Waals surface area contributed by atoms with Gasteiger partial charge >= 0.3 is 11.7 Å². The van der Waals surface area contributed by atoms with Gasteiger partial charge in [0.1, 0.15) is 5.92 Å². The molecule has 2 aromatic rings. The molecule has 1 aromatic carbocycles. The second-order valence-corrected chi connectivity index (χ2v) is 3.77. The molecule has 0 saturated carbocycles. The van der Waals surface area contributed by atoms with E-state index in [1.165, 1.54) is 25.1 Å². The van der Waals surface area contributed by atoms with Crippen LogP contribution in [-0.4, -0.2) is 22.0 Å². The van der Waals surface area contributed by atoms with Crippen molar-refractivity contribution in [3.63, 3.8) is 0 Å². The summed E-state index contributed by atoms with van der Waals surface area (Å²) in [7, 11) is 0. The maximum Gasteiger partial charge on any atom is 0.417 e. The third kappa shape index (κ3) is 2.24. The first-order valence-electron chi connectivity index (χ1n) is 5.14. The van der Waals surface area contributed by atoms with Crippen molar-refractivity contribution in [3.8, 4) is 0 Å². The van der Waals surface area contributed by atoms with Gasteiger partial charge in [-0.05, 0) is 25.1 Å². The number of carbonyl (C=O) groups is 2. The van der Waals surface area contributed by atoms with Gasteiger partial charge in [0.15, 0.2) is 5.58 Å². The average molecular weight is 250 g/mol. The quantitative estimate of drug-likeness (QED) is 0.697. The Morgan fingerprint density at radius 3 is 2.83 bits per heavy atom. The Bertz CT molecular complexity index is 669. The van der Waals surface area contributed by atoms with Crippen molar-refractivity contribution in [1.29, 1.82) is 0 Å². The number of fused-ring (bicyclic) bond motifs is 1. The molecule has 1 aromatic heterocycles. The van der Waals surface area contributed by atoms with Crippen molar-refractivity contribution < 1.29 is 19.1 Å². The van der Waals surface area contributed by atoms with Crippen LogP contribution in [0.2, 0.25) is 0 Å². The highest BCUT2D eigenvalue weighted by molar-refractivity contribution is 6.04. The first-order valence-corrected chi connectivity index (χ1v) is 5.14. The molecule has 1 heterocycles. The van der Waals surface area contributed by atoms with Gasteiger partial charge in [-0.1, -0.05) is 0 Å². The summed E-state index contributed by atoms with van der Waals surface area (Å²) in [6, 6.07) is 4.52. The smallest absolute Gasteiger partial charge is 0.417 e. The molecule has 7 nitrogen and oxygen atoms in total. The Morgan fingerprint density at radius 2 is 2.17 bits per heavy atom. The summed E-state index contributed by atoms with van der Waals surface area (Å²) in [5.41, 5.74) is 1.18. The number of aromatic amines is 1. The standard InChI is InChI=1S/C11H10N2O5/c1-5(10(15)16)9(14)12-6-2-3-8-7(4-6)13-11(17)18-8/h2-5H,1H3,(H,12,14)(H,13,17)(H,15,16). The van der Waals surface area contributed by atoms with E-state index in [-0.39, 0.29) is 0 Å². The molecule has 0 aliphatic rings. The molecule has 1 amide bonds. The molecule has 3 N–H and O–H groups in total. The molecule has 1 unspecified atom stereocenters. The number of hydrogen-bond donors (Lipinski definition) is 3. The summed E-state index contributed by atoms with van der Waals surface area (Å²) in [6.07, 6.45) is 0. The van der Waals surface area contributed by atoms with Crippen LogP contribution in [0.3, 0.4) is 0 Å². The number of anilines is 1. The summed E-state index contributed by atoms with van der Waals surface area (Å²) in [4.78, 5) is 35.5. The van der Waals surface area contributed by atoms with Crippen LogP contribution in [0.15, 0.2) is 27.4 Å². The Hall–Kier alpha value is -2.57. The van der Waals surface area contributed by atoms with Crippen molar-refractivity contribution in [1.82, 2.24) is 4.98 Å². The molecule has 0 bridgehead atoms. The second-order valence-electron chi connectivity index (χ2n) is 3.77. The third-order valence-corrected chi connectivity index (χ3v) is 2.45. The van der Waals surface area contributed by atoms with Crippen LogP contribution in [0.25, 0.3) is 11.1 Å². The molecule has 0 aliphatic carbocycles. The average Bonchev–Trinajstić information content (AvgIpc) is 2.67. The molecule has 0 fully saturated rings. The number of nitrogens with one attached hydrogen (secondary N) is 2. The van der Waals surface area contributed by atoms with Gasteiger partial charge < -0.3 is 14.8 Å². The zero-order valence-electron chi connectivity index (χ0n) is 9.39. The SMILES string of the molecule is CC(C(=O)O)C(=O)Nc1ccc2oc(=O)[nH]c2c1. The highest BCUT2D eigenvalue weighted by Gasteiger charge is 2.20. The molecule has 0 saturated heterocycles. The van der Waals surface area contributed by atoms with Gasteiger partial charge in [-0.2, -0.15) is 0 Å². The molecule has 18 heavy (non-hydrogen) atoms. The number of oxazole rings is 1. The number of H-pyrrole nitrogens is 1. The lowest BCUT2D eigenvalue weighted by Gasteiger charge is -2.07. The maximum atomic E-state index is 11.5. The minimum absolute atomic E-state index is 0.365. The van der Waals surface area contributed by atoms with Crippen LogP contribution < -0.4 is 11.1 Å². The lowest BCUT2D eigenvalue weighted by atomic mass is 10.1. The van der Waals surface area contributed by atoms with E-state index in [4.69, 9.17) is 9.52 Å².